The number of rotatable bonds is 6. The number of hydrogen-bond donors (Lipinski definition) is 0. The molecule has 0 aromatic rings. The predicted molar refractivity (Wildman–Crippen MR) is 133 cm³/mol. The maximum atomic E-state index is 2.70. The number of hydrogen-bond acceptors (Lipinski definition) is 0. The molecule has 12 rings (SSSR count). The summed E-state index contributed by atoms with van der Waals surface area (Å²) in [4.78, 5) is 12.3. The molecule has 0 aromatic heterocycles. The van der Waals surface area contributed by atoms with E-state index in [1.165, 1.54) is 48.3 Å². The van der Waals surface area contributed by atoms with Gasteiger partial charge in [0.25, 0.3) is 0 Å². The maximum absolute atomic E-state index is 3.32. The summed E-state index contributed by atoms with van der Waals surface area (Å²) >= 11 is 0. The molecule has 2 aliphatic carbocycles. The minimum atomic E-state index is -3.32. The van der Waals surface area contributed by atoms with Gasteiger partial charge < -0.3 is 0 Å². The van der Waals surface area contributed by atoms with E-state index in [1.54, 1.807) is 73.8 Å². The second kappa shape index (κ2) is 2.38. The van der Waals surface area contributed by atoms with Crippen LogP contribution in [0.5, 0.6) is 0 Å². The van der Waals surface area contributed by atoms with E-state index in [9.17, 15) is 0 Å². The third kappa shape index (κ3) is 0.368. The van der Waals surface area contributed by atoms with E-state index in [0.29, 0.717) is 15.8 Å². The first kappa shape index (κ1) is 16.9. The van der Waals surface area contributed by atoms with Crippen LogP contribution < -0.4 is 0 Å². The van der Waals surface area contributed by atoms with E-state index in [4.69, 9.17) is 0 Å². The molecule has 8 unspecified atom stereocenters. The Labute approximate surface area is 183 Å². The molecule has 0 radical (unpaired) electrons. The Balaban J connectivity index is 1.14. The monoisotopic (exact) mass is 498 g/mol. The van der Waals surface area contributed by atoms with Crippen LogP contribution in [-0.2, 0) is 6.51 Å². The summed E-state index contributed by atoms with van der Waals surface area (Å²) in [7, 11) is 0.724. The molecule has 12 fully saturated rings. The van der Waals surface area contributed by atoms with Gasteiger partial charge in [0, 0.05) is 0 Å². The van der Waals surface area contributed by atoms with Crippen LogP contribution in [-0.4, -0.2) is 30.7 Å². The Morgan fingerprint density at radius 2 is 0.968 bits per heavy atom. The van der Waals surface area contributed by atoms with Gasteiger partial charge in [-0.3, -0.25) is 0 Å². The molecule has 0 amide bonds. The molecule has 1 spiro atoms. The van der Waals surface area contributed by atoms with Crippen LogP contribution in [0.3, 0.4) is 0 Å². The molecule has 0 aromatic carbocycles. The summed E-state index contributed by atoms with van der Waals surface area (Å²) in [5.41, 5.74) is 4.63. The van der Waals surface area contributed by atoms with Crippen LogP contribution >= 0.6 is 15.8 Å². The topological polar surface area (TPSA) is 0 Å². The summed E-state index contributed by atoms with van der Waals surface area (Å²) < 4.78 is 2.40. The predicted octanol–water partition coefficient (Wildman–Crippen LogP) is 9.64. The average Bonchev–Trinajstić information content (AvgIpc) is 3.71. The molecule has 10 heterocycles. The van der Waals surface area contributed by atoms with Crippen molar-refractivity contribution >= 4 is 15.8 Å². The fraction of sp³-hybridized carbons (Fsp3) is 1.00. The second-order valence-corrected chi connectivity index (χ2v) is 47.9. The van der Waals surface area contributed by atoms with Gasteiger partial charge in [0.15, 0.2) is 0 Å². The van der Waals surface area contributed by atoms with E-state index >= 15 is 0 Å². The molecule has 0 nitrogen and oxygen atoms in total. The van der Waals surface area contributed by atoms with Crippen molar-refractivity contribution < 1.29 is 6.51 Å². The van der Waals surface area contributed by atoms with Crippen LogP contribution in [0.1, 0.15) is 91.9 Å². The van der Waals surface area contributed by atoms with Crippen molar-refractivity contribution in [3.05, 3.63) is 0 Å². The average molecular weight is 498 g/mol. The quantitative estimate of drug-likeness (QED) is 0.253. The SMILES string of the molecule is CC(C)P(C(C)C)[C]12[CH]3[CH]4[CH]5[CH]1[Fe]45321678[CH]2[CH]1[CH]6[C]7(P(C1CCCCC1)C1CCCCC1)[CH]28. The van der Waals surface area contributed by atoms with Crippen molar-refractivity contribution in [2.45, 2.75) is 161 Å². The number of fused-ring (bicyclic) bond motifs is 10. The summed E-state index contributed by atoms with van der Waals surface area (Å²) in [5.74, 6) is 0. The molecule has 2 saturated carbocycles. The summed E-state index contributed by atoms with van der Waals surface area (Å²) in [6.07, 6.45) is 16.4. The van der Waals surface area contributed by atoms with Gasteiger partial charge in [-0.2, -0.15) is 0 Å². The van der Waals surface area contributed by atoms with Gasteiger partial charge in [-0.15, -0.1) is 0 Å². The molecule has 3 heteroatoms. The third-order valence-electron chi connectivity index (χ3n) is 20.5. The van der Waals surface area contributed by atoms with Gasteiger partial charge in [-0.25, -0.2) is 0 Å². The molecule has 0 N–H and O–H groups in total. The summed E-state index contributed by atoms with van der Waals surface area (Å²) in [5, 5.41) is 0. The van der Waals surface area contributed by atoms with E-state index in [1.807, 2.05) is 0 Å². The minimum absolute atomic E-state index is 0.323. The molecule has 31 heavy (non-hydrogen) atoms. The van der Waals surface area contributed by atoms with Crippen LogP contribution in [0.4, 0.5) is 0 Å². The molecule has 12 aliphatic rings. The van der Waals surface area contributed by atoms with Gasteiger partial charge in [0.2, 0.25) is 0 Å². The molecule has 8 atom stereocenters. The van der Waals surface area contributed by atoms with Crippen molar-refractivity contribution in [2.24, 2.45) is 0 Å². The first-order valence-electron chi connectivity index (χ1n) is 14.6. The summed E-state index contributed by atoms with van der Waals surface area (Å²) in [6, 6.07) is 0. The first-order chi connectivity index (χ1) is 14.8. The molecular formula is C28H44FeP2. The zero-order valence-corrected chi connectivity index (χ0v) is 23.1. The fourth-order valence-electron chi connectivity index (χ4n) is 22.7. The molecule has 174 valence electrons. The van der Waals surface area contributed by atoms with Crippen molar-refractivity contribution in [1.82, 2.24) is 0 Å². The Kier molecular flexibility index (Phi) is 1.30. The van der Waals surface area contributed by atoms with E-state index in [0.717, 1.165) is 11.3 Å². The van der Waals surface area contributed by atoms with Crippen molar-refractivity contribution in [3.8, 4) is 0 Å². The van der Waals surface area contributed by atoms with Crippen LogP contribution in [0, 0.1) is 0 Å². The standard InChI is InChI=1S/C17H26P.C11H18P.Fe/c1-3-9-15(10-4-1)18(17-13-7-8-14-17)16-11-5-2-6-12-16;1-9(2)12(10(3)4)11-7-5-6-8-11;/h7-8,13-16H,1-6,9-12H2;5-10H,1-4H3;. The van der Waals surface area contributed by atoms with Gasteiger partial charge in [-0.05, 0) is 0 Å². The van der Waals surface area contributed by atoms with E-state index in [2.05, 4.69) is 27.7 Å². The fourth-order valence-corrected chi connectivity index (χ4v) is 133. The van der Waals surface area contributed by atoms with Gasteiger partial charge >= 0.3 is 184 Å². The third-order valence-corrected chi connectivity index (χ3v) is 79.2. The summed E-state index contributed by atoms with van der Waals surface area (Å²) in [6.45, 7) is 7.50. The zero-order valence-electron chi connectivity index (χ0n) is 20.2. The van der Waals surface area contributed by atoms with Crippen LogP contribution in [0.15, 0.2) is 0 Å². The van der Waals surface area contributed by atoms with E-state index < -0.39 is 6.51 Å². The van der Waals surface area contributed by atoms with Crippen LogP contribution in [0.25, 0.3) is 0 Å². The molecule has 0 bridgehead atoms. The first-order valence-corrected chi connectivity index (χ1v) is 23.7. The Morgan fingerprint density at radius 1 is 0.581 bits per heavy atom. The zero-order chi connectivity index (χ0) is 20.5. The van der Waals surface area contributed by atoms with Crippen molar-refractivity contribution in [2.75, 3.05) is 0 Å². The van der Waals surface area contributed by atoms with Crippen LogP contribution in [0.2, 0.25) is 38.5 Å². The Hall–Kier alpha value is 1.38. The van der Waals surface area contributed by atoms with Gasteiger partial charge in [0.1, 0.15) is 0 Å². The Bertz CT molecular complexity index is 1320. The van der Waals surface area contributed by atoms with E-state index in [-0.39, 0.29) is 0 Å². The molecule has 10 aliphatic heterocycles. The van der Waals surface area contributed by atoms with Gasteiger partial charge in [0.05, 0.1) is 0 Å². The van der Waals surface area contributed by atoms with Gasteiger partial charge in [-0.1, -0.05) is 0 Å². The van der Waals surface area contributed by atoms with Crippen molar-refractivity contribution in [3.63, 3.8) is 0 Å². The second-order valence-electron chi connectivity index (χ2n) is 17.3. The molecule has 10 saturated heterocycles. The Morgan fingerprint density at radius 3 is 1.32 bits per heavy atom. The normalized spacial score (nSPS) is 81.2. The van der Waals surface area contributed by atoms with Crippen molar-refractivity contribution in [1.29, 1.82) is 0 Å². The molecular weight excluding hydrogens is 454 g/mol.